The van der Waals surface area contributed by atoms with Crippen LogP contribution in [0, 0.1) is 5.92 Å². The van der Waals surface area contributed by atoms with Gasteiger partial charge in [0.05, 0.1) is 12.0 Å². The lowest BCUT2D eigenvalue weighted by Crippen LogP contribution is -2.41. The van der Waals surface area contributed by atoms with Crippen molar-refractivity contribution in [2.75, 3.05) is 19.6 Å². The van der Waals surface area contributed by atoms with Gasteiger partial charge in [-0.15, -0.1) is 24.8 Å². The van der Waals surface area contributed by atoms with E-state index in [2.05, 4.69) is 36.2 Å². The predicted octanol–water partition coefficient (Wildman–Crippen LogP) is 4.37. The van der Waals surface area contributed by atoms with E-state index in [1.807, 2.05) is 55.5 Å². The minimum Gasteiger partial charge on any atom is -0.354 e. The quantitative estimate of drug-likeness (QED) is 0.626. The molecule has 0 bridgehead atoms. The second-order valence-electron chi connectivity index (χ2n) is 6.62. The molecule has 0 aromatic heterocycles. The maximum atomic E-state index is 12.7. The maximum Gasteiger partial charge on any atom is 0.224 e. The monoisotopic (exact) mass is 425 g/mol. The third-order valence-corrected chi connectivity index (χ3v) is 5.04. The summed E-state index contributed by atoms with van der Waals surface area (Å²) in [5.74, 6) is -0.292. The van der Waals surface area contributed by atoms with Gasteiger partial charge in [-0.2, -0.15) is 0 Å². The van der Waals surface area contributed by atoms with Gasteiger partial charge in [0.25, 0.3) is 0 Å². The molecule has 1 amide bonds. The Balaban J connectivity index is 0.00000364. The average molecular weight is 426 g/mol. The van der Waals surface area contributed by atoms with Crippen LogP contribution in [0.15, 0.2) is 60.7 Å². The highest BCUT2D eigenvalue weighted by Crippen LogP contribution is 2.22. The highest BCUT2D eigenvalue weighted by Gasteiger charge is 2.24. The molecule has 0 saturated carbocycles. The number of carbonyl (C=O) groups is 1. The van der Waals surface area contributed by atoms with Crippen molar-refractivity contribution < 1.29 is 4.79 Å². The Bertz CT molecular complexity index is 666. The fraction of sp³-hybridized carbons (Fsp3) is 0.409. The SMILES string of the molecule is CCN(CC)C(CNC(=O)C(C)C(N)c1ccccc1)c1ccccc1.Cl.Cl. The molecule has 2 rings (SSSR count). The Morgan fingerprint density at radius 3 is 1.86 bits per heavy atom. The van der Waals surface area contributed by atoms with Crippen LogP contribution in [0.5, 0.6) is 0 Å². The van der Waals surface area contributed by atoms with Crippen LogP contribution in [-0.2, 0) is 4.79 Å². The number of benzene rings is 2. The van der Waals surface area contributed by atoms with E-state index in [1.165, 1.54) is 5.56 Å². The Morgan fingerprint density at radius 2 is 1.39 bits per heavy atom. The fourth-order valence-corrected chi connectivity index (χ4v) is 3.28. The molecule has 4 nitrogen and oxygen atoms in total. The summed E-state index contributed by atoms with van der Waals surface area (Å²) in [5, 5.41) is 3.12. The fourth-order valence-electron chi connectivity index (χ4n) is 3.28. The van der Waals surface area contributed by atoms with Crippen molar-refractivity contribution in [1.29, 1.82) is 0 Å². The molecule has 0 aliphatic rings. The summed E-state index contributed by atoms with van der Waals surface area (Å²) in [6.07, 6.45) is 0. The zero-order chi connectivity index (χ0) is 18.9. The number of likely N-dealkylation sites (N-methyl/N-ethyl adjacent to an activating group) is 1. The molecular formula is C22H33Cl2N3O. The van der Waals surface area contributed by atoms with E-state index in [-0.39, 0.29) is 48.7 Å². The first-order valence-corrected chi connectivity index (χ1v) is 9.45. The molecule has 28 heavy (non-hydrogen) atoms. The van der Waals surface area contributed by atoms with Gasteiger partial charge >= 0.3 is 0 Å². The lowest BCUT2D eigenvalue weighted by atomic mass is 9.94. The first kappa shape index (κ1) is 26.4. The number of halogens is 2. The van der Waals surface area contributed by atoms with Crippen molar-refractivity contribution in [3.8, 4) is 0 Å². The van der Waals surface area contributed by atoms with Crippen LogP contribution in [0.2, 0.25) is 0 Å². The Hall–Kier alpha value is -1.59. The highest BCUT2D eigenvalue weighted by molar-refractivity contribution is 5.85. The number of nitrogens with one attached hydrogen (secondary N) is 1. The molecule has 156 valence electrons. The van der Waals surface area contributed by atoms with Crippen molar-refractivity contribution in [3.05, 3.63) is 71.8 Å². The van der Waals surface area contributed by atoms with Crippen LogP contribution in [0.1, 0.15) is 44.0 Å². The number of carbonyl (C=O) groups excluding carboxylic acids is 1. The topological polar surface area (TPSA) is 58.4 Å². The standard InChI is InChI=1S/C22H31N3O.2ClH/c1-4-25(5-2)20(18-12-8-6-9-13-18)16-24-22(26)17(3)21(23)19-14-10-7-11-15-19;;/h6-15,17,20-21H,4-5,16,23H2,1-3H3,(H,24,26);2*1H. The zero-order valence-corrected chi connectivity index (χ0v) is 18.5. The molecule has 0 fully saturated rings. The molecule has 0 radical (unpaired) electrons. The lowest BCUT2D eigenvalue weighted by molar-refractivity contribution is -0.125. The predicted molar refractivity (Wildman–Crippen MR) is 122 cm³/mol. The average Bonchev–Trinajstić information content (AvgIpc) is 2.71. The van der Waals surface area contributed by atoms with Gasteiger partial charge in [0.2, 0.25) is 5.91 Å². The summed E-state index contributed by atoms with van der Waals surface area (Å²) in [6, 6.07) is 20.0. The van der Waals surface area contributed by atoms with Crippen molar-refractivity contribution in [2.24, 2.45) is 11.7 Å². The number of rotatable bonds is 9. The molecular weight excluding hydrogens is 393 g/mol. The zero-order valence-electron chi connectivity index (χ0n) is 16.9. The largest absolute Gasteiger partial charge is 0.354 e. The second-order valence-corrected chi connectivity index (χ2v) is 6.62. The number of amides is 1. The number of nitrogens with zero attached hydrogens (tertiary/aromatic N) is 1. The first-order chi connectivity index (χ1) is 12.6. The smallest absolute Gasteiger partial charge is 0.224 e. The van der Waals surface area contributed by atoms with Gasteiger partial charge in [-0.1, -0.05) is 81.4 Å². The molecule has 2 aromatic rings. The van der Waals surface area contributed by atoms with E-state index in [4.69, 9.17) is 5.73 Å². The normalized spacial score (nSPS) is 13.6. The minimum atomic E-state index is -0.306. The number of hydrogen-bond acceptors (Lipinski definition) is 3. The second kappa shape index (κ2) is 13.6. The van der Waals surface area contributed by atoms with Gasteiger partial charge in [-0.3, -0.25) is 9.69 Å². The first-order valence-electron chi connectivity index (χ1n) is 9.45. The number of nitrogens with two attached hydrogens (primary N) is 1. The van der Waals surface area contributed by atoms with E-state index in [0.717, 1.165) is 18.7 Å². The van der Waals surface area contributed by atoms with E-state index >= 15 is 0 Å². The molecule has 0 aliphatic carbocycles. The van der Waals surface area contributed by atoms with E-state index in [9.17, 15) is 4.79 Å². The van der Waals surface area contributed by atoms with Gasteiger partial charge in [-0.25, -0.2) is 0 Å². The Kier molecular flexibility index (Phi) is 12.8. The highest BCUT2D eigenvalue weighted by atomic mass is 35.5. The Labute approximate surface area is 181 Å². The van der Waals surface area contributed by atoms with Crippen molar-refractivity contribution in [2.45, 2.75) is 32.9 Å². The summed E-state index contributed by atoms with van der Waals surface area (Å²) < 4.78 is 0. The van der Waals surface area contributed by atoms with E-state index in [0.29, 0.717) is 6.54 Å². The van der Waals surface area contributed by atoms with Crippen LogP contribution in [-0.4, -0.2) is 30.4 Å². The number of hydrogen-bond donors (Lipinski definition) is 2. The van der Waals surface area contributed by atoms with Crippen LogP contribution < -0.4 is 11.1 Å². The van der Waals surface area contributed by atoms with Crippen LogP contribution in [0.4, 0.5) is 0 Å². The van der Waals surface area contributed by atoms with Gasteiger partial charge < -0.3 is 11.1 Å². The van der Waals surface area contributed by atoms with Gasteiger partial charge in [0.15, 0.2) is 0 Å². The molecule has 0 heterocycles. The molecule has 3 N–H and O–H groups in total. The van der Waals surface area contributed by atoms with Gasteiger partial charge in [-0.05, 0) is 24.2 Å². The van der Waals surface area contributed by atoms with Crippen molar-refractivity contribution in [1.82, 2.24) is 10.2 Å². The lowest BCUT2D eigenvalue weighted by Gasteiger charge is -2.31. The summed E-state index contributed by atoms with van der Waals surface area (Å²) in [7, 11) is 0. The molecule has 0 spiro atoms. The van der Waals surface area contributed by atoms with Crippen LogP contribution >= 0.6 is 24.8 Å². The Morgan fingerprint density at radius 1 is 0.929 bits per heavy atom. The molecule has 2 aromatic carbocycles. The van der Waals surface area contributed by atoms with Crippen LogP contribution in [0.25, 0.3) is 0 Å². The molecule has 0 saturated heterocycles. The van der Waals surface area contributed by atoms with Crippen LogP contribution in [0.3, 0.4) is 0 Å². The molecule has 3 unspecified atom stereocenters. The van der Waals surface area contributed by atoms with E-state index in [1.54, 1.807) is 0 Å². The summed E-state index contributed by atoms with van der Waals surface area (Å²) in [4.78, 5) is 15.0. The van der Waals surface area contributed by atoms with Crippen molar-refractivity contribution in [3.63, 3.8) is 0 Å². The molecule has 3 atom stereocenters. The third-order valence-electron chi connectivity index (χ3n) is 5.04. The van der Waals surface area contributed by atoms with Gasteiger partial charge in [0.1, 0.15) is 0 Å². The van der Waals surface area contributed by atoms with Gasteiger partial charge in [0, 0.05) is 12.6 Å². The summed E-state index contributed by atoms with van der Waals surface area (Å²) >= 11 is 0. The summed E-state index contributed by atoms with van der Waals surface area (Å²) in [6.45, 7) is 8.64. The molecule has 6 heteroatoms. The summed E-state index contributed by atoms with van der Waals surface area (Å²) in [5.41, 5.74) is 8.50. The van der Waals surface area contributed by atoms with Crippen molar-refractivity contribution >= 4 is 30.7 Å². The minimum absolute atomic E-state index is 0. The maximum absolute atomic E-state index is 12.7. The van der Waals surface area contributed by atoms with E-state index < -0.39 is 0 Å². The third kappa shape index (κ3) is 7.10. The molecule has 0 aliphatic heterocycles.